The molecule has 1 aromatic carbocycles. The van der Waals surface area contributed by atoms with E-state index in [0.29, 0.717) is 5.69 Å². The number of nitrogen functional groups attached to an aromatic ring is 1. The quantitative estimate of drug-likeness (QED) is 0.725. The number of hydrogen-bond acceptors (Lipinski definition) is 2. The summed E-state index contributed by atoms with van der Waals surface area (Å²) in [5.74, 6) is 1.28. The van der Waals surface area contributed by atoms with Gasteiger partial charge in [-0.3, -0.25) is 0 Å². The van der Waals surface area contributed by atoms with Gasteiger partial charge in [0.25, 0.3) is 0 Å². The summed E-state index contributed by atoms with van der Waals surface area (Å²) in [6.45, 7) is 3.15. The summed E-state index contributed by atoms with van der Waals surface area (Å²) < 4.78 is 12.9. The Morgan fingerprint density at radius 2 is 2.21 bits per heavy atom. The summed E-state index contributed by atoms with van der Waals surface area (Å²) in [4.78, 5) is 0. The van der Waals surface area contributed by atoms with Gasteiger partial charge in [-0.15, -0.1) is 0 Å². The van der Waals surface area contributed by atoms with E-state index in [2.05, 4.69) is 12.2 Å². The molecule has 2 nitrogen and oxygen atoms in total. The van der Waals surface area contributed by atoms with Crippen molar-refractivity contribution in [1.29, 1.82) is 0 Å². The van der Waals surface area contributed by atoms with Crippen molar-refractivity contribution in [2.24, 2.45) is 11.8 Å². The zero-order valence-corrected chi connectivity index (χ0v) is 8.26. The highest BCUT2D eigenvalue weighted by Crippen LogP contribution is 2.37. The van der Waals surface area contributed by atoms with E-state index in [4.69, 9.17) is 5.73 Å². The Bertz CT molecular complexity index is 318. The van der Waals surface area contributed by atoms with Gasteiger partial charge in [-0.05, 0) is 36.5 Å². The minimum atomic E-state index is -0.281. The average molecular weight is 194 g/mol. The van der Waals surface area contributed by atoms with Crippen molar-refractivity contribution in [3.8, 4) is 0 Å². The topological polar surface area (TPSA) is 38.0 Å². The van der Waals surface area contributed by atoms with Gasteiger partial charge in [-0.1, -0.05) is 6.92 Å². The van der Waals surface area contributed by atoms with Gasteiger partial charge in [0.1, 0.15) is 5.82 Å². The number of anilines is 2. The molecule has 0 aromatic heterocycles. The van der Waals surface area contributed by atoms with Crippen LogP contribution < -0.4 is 11.1 Å². The van der Waals surface area contributed by atoms with Gasteiger partial charge >= 0.3 is 0 Å². The predicted molar refractivity (Wildman–Crippen MR) is 56.6 cm³/mol. The minimum absolute atomic E-state index is 0.281. The molecule has 14 heavy (non-hydrogen) atoms. The lowest BCUT2D eigenvalue weighted by molar-refractivity contribution is 0.628. The first-order valence-corrected chi connectivity index (χ1v) is 4.95. The molecule has 0 spiro atoms. The Balaban J connectivity index is 1.95. The standard InChI is InChI=1S/C11H15FN2/c1-7-2-8(7)6-14-11-4-9(12)3-10(13)5-11/h3-5,7-8,14H,2,6,13H2,1H3. The molecule has 1 saturated carbocycles. The van der Waals surface area contributed by atoms with Gasteiger partial charge < -0.3 is 11.1 Å². The fourth-order valence-corrected chi connectivity index (χ4v) is 1.65. The Hall–Kier alpha value is -1.25. The lowest BCUT2D eigenvalue weighted by Gasteiger charge is -2.06. The molecule has 0 saturated heterocycles. The van der Waals surface area contributed by atoms with Crippen LogP contribution in [0.3, 0.4) is 0 Å². The van der Waals surface area contributed by atoms with Crippen molar-refractivity contribution >= 4 is 11.4 Å². The van der Waals surface area contributed by atoms with Crippen LogP contribution in [0.1, 0.15) is 13.3 Å². The smallest absolute Gasteiger partial charge is 0.127 e. The normalized spacial score (nSPS) is 24.7. The molecule has 0 aliphatic heterocycles. The van der Waals surface area contributed by atoms with Crippen molar-refractivity contribution in [1.82, 2.24) is 0 Å². The zero-order chi connectivity index (χ0) is 10.1. The molecule has 0 amide bonds. The lowest BCUT2D eigenvalue weighted by atomic mass is 10.2. The summed E-state index contributed by atoms with van der Waals surface area (Å²) in [5.41, 5.74) is 6.78. The first-order valence-electron chi connectivity index (χ1n) is 4.95. The Kier molecular flexibility index (Phi) is 2.32. The SMILES string of the molecule is CC1CC1CNc1cc(N)cc(F)c1. The number of nitrogens with one attached hydrogen (secondary N) is 1. The van der Waals surface area contributed by atoms with Crippen LogP contribution in [0.25, 0.3) is 0 Å². The van der Waals surface area contributed by atoms with Crippen molar-refractivity contribution < 1.29 is 4.39 Å². The summed E-state index contributed by atoms with van der Waals surface area (Å²) in [5, 5.41) is 3.20. The molecule has 1 aliphatic carbocycles. The second kappa shape index (κ2) is 3.48. The lowest BCUT2D eigenvalue weighted by Crippen LogP contribution is -2.05. The van der Waals surface area contributed by atoms with Gasteiger partial charge in [0, 0.05) is 17.9 Å². The van der Waals surface area contributed by atoms with Gasteiger partial charge in [0.2, 0.25) is 0 Å². The van der Waals surface area contributed by atoms with Gasteiger partial charge in [-0.25, -0.2) is 4.39 Å². The molecular weight excluding hydrogens is 179 g/mol. The average Bonchev–Trinajstić information content (AvgIpc) is 2.77. The Labute approximate surface area is 83.3 Å². The third kappa shape index (κ3) is 2.16. The van der Waals surface area contributed by atoms with E-state index in [-0.39, 0.29) is 5.82 Å². The molecule has 3 heteroatoms. The van der Waals surface area contributed by atoms with Crippen LogP contribution in [-0.2, 0) is 0 Å². The molecule has 1 fully saturated rings. The highest BCUT2D eigenvalue weighted by atomic mass is 19.1. The van der Waals surface area contributed by atoms with E-state index in [0.717, 1.165) is 24.1 Å². The van der Waals surface area contributed by atoms with Crippen LogP contribution in [0.2, 0.25) is 0 Å². The van der Waals surface area contributed by atoms with Crippen LogP contribution in [0, 0.1) is 17.7 Å². The maximum Gasteiger partial charge on any atom is 0.127 e. The number of benzene rings is 1. The molecule has 1 aliphatic rings. The Morgan fingerprint density at radius 1 is 1.50 bits per heavy atom. The van der Waals surface area contributed by atoms with Crippen molar-refractivity contribution in [2.45, 2.75) is 13.3 Å². The van der Waals surface area contributed by atoms with Gasteiger partial charge in [-0.2, -0.15) is 0 Å². The van der Waals surface area contributed by atoms with Crippen molar-refractivity contribution in [3.63, 3.8) is 0 Å². The van der Waals surface area contributed by atoms with E-state index >= 15 is 0 Å². The summed E-state index contributed by atoms with van der Waals surface area (Å²) >= 11 is 0. The molecule has 2 rings (SSSR count). The van der Waals surface area contributed by atoms with Gasteiger partial charge in [0.15, 0.2) is 0 Å². The fourth-order valence-electron chi connectivity index (χ4n) is 1.65. The van der Waals surface area contributed by atoms with Crippen LogP contribution in [0.4, 0.5) is 15.8 Å². The van der Waals surface area contributed by atoms with Crippen LogP contribution in [-0.4, -0.2) is 6.54 Å². The molecule has 0 heterocycles. The molecule has 1 aromatic rings. The van der Waals surface area contributed by atoms with E-state index in [1.54, 1.807) is 6.07 Å². The zero-order valence-electron chi connectivity index (χ0n) is 8.26. The summed E-state index contributed by atoms with van der Waals surface area (Å²) in [6, 6.07) is 4.56. The maximum absolute atomic E-state index is 12.9. The molecular formula is C11H15FN2. The van der Waals surface area contributed by atoms with E-state index in [1.165, 1.54) is 18.6 Å². The third-order valence-electron chi connectivity index (χ3n) is 2.76. The second-order valence-corrected chi connectivity index (χ2v) is 4.13. The number of hydrogen-bond donors (Lipinski definition) is 2. The Morgan fingerprint density at radius 3 is 2.79 bits per heavy atom. The van der Waals surface area contributed by atoms with Crippen LogP contribution in [0.5, 0.6) is 0 Å². The molecule has 2 atom stereocenters. The minimum Gasteiger partial charge on any atom is -0.399 e. The van der Waals surface area contributed by atoms with Crippen LogP contribution in [0.15, 0.2) is 18.2 Å². The molecule has 76 valence electrons. The fraction of sp³-hybridized carbons (Fsp3) is 0.455. The van der Waals surface area contributed by atoms with Crippen molar-refractivity contribution in [2.75, 3.05) is 17.6 Å². The van der Waals surface area contributed by atoms with Gasteiger partial charge in [0.05, 0.1) is 0 Å². The highest BCUT2D eigenvalue weighted by molar-refractivity contribution is 5.54. The van der Waals surface area contributed by atoms with Crippen molar-refractivity contribution in [3.05, 3.63) is 24.0 Å². The third-order valence-corrected chi connectivity index (χ3v) is 2.76. The monoisotopic (exact) mass is 194 g/mol. The molecule has 0 radical (unpaired) electrons. The maximum atomic E-state index is 12.9. The molecule has 0 bridgehead atoms. The number of nitrogens with two attached hydrogens (primary N) is 1. The van der Waals surface area contributed by atoms with E-state index in [9.17, 15) is 4.39 Å². The first kappa shape index (κ1) is 9.31. The van der Waals surface area contributed by atoms with E-state index in [1.807, 2.05) is 0 Å². The predicted octanol–water partition coefficient (Wildman–Crippen LogP) is 2.48. The summed E-state index contributed by atoms with van der Waals surface area (Å²) in [6.07, 6.45) is 1.28. The highest BCUT2D eigenvalue weighted by Gasteiger charge is 2.31. The van der Waals surface area contributed by atoms with E-state index < -0.39 is 0 Å². The van der Waals surface area contributed by atoms with Crippen LogP contribution >= 0.6 is 0 Å². The molecule has 2 unspecified atom stereocenters. The number of halogens is 1. The number of rotatable bonds is 3. The second-order valence-electron chi connectivity index (χ2n) is 4.13. The largest absolute Gasteiger partial charge is 0.399 e. The first-order chi connectivity index (χ1) is 6.65. The summed E-state index contributed by atoms with van der Waals surface area (Å²) in [7, 11) is 0. The molecule has 3 N–H and O–H groups in total.